The Morgan fingerprint density at radius 3 is 3.05 bits per heavy atom. The SMILES string of the molecule is CNC(=O)c1nocc1-c1ccc2c(c1)CCN(C)C2. The highest BCUT2D eigenvalue weighted by Crippen LogP contribution is 2.28. The van der Waals surface area contributed by atoms with Crippen molar-refractivity contribution in [2.45, 2.75) is 13.0 Å². The second-order valence-corrected chi connectivity index (χ2v) is 5.13. The molecule has 1 aromatic heterocycles. The number of fused-ring (bicyclic) bond motifs is 1. The first-order valence-electron chi connectivity index (χ1n) is 6.66. The van der Waals surface area contributed by atoms with Crippen molar-refractivity contribution in [3.8, 4) is 11.1 Å². The molecule has 0 radical (unpaired) electrons. The number of carbonyl (C=O) groups excluding carboxylic acids is 1. The quantitative estimate of drug-likeness (QED) is 0.903. The molecule has 0 fully saturated rings. The minimum absolute atomic E-state index is 0.230. The van der Waals surface area contributed by atoms with Gasteiger partial charge in [0.1, 0.15) is 6.26 Å². The number of nitrogens with zero attached hydrogens (tertiary/aromatic N) is 2. The molecule has 2 aromatic rings. The molecule has 0 saturated carbocycles. The van der Waals surface area contributed by atoms with Gasteiger partial charge in [0.05, 0.1) is 5.56 Å². The summed E-state index contributed by atoms with van der Waals surface area (Å²) >= 11 is 0. The summed E-state index contributed by atoms with van der Waals surface area (Å²) in [7, 11) is 3.71. The maximum absolute atomic E-state index is 11.8. The number of nitrogens with one attached hydrogen (secondary N) is 1. The van der Waals surface area contributed by atoms with Crippen molar-refractivity contribution in [1.82, 2.24) is 15.4 Å². The smallest absolute Gasteiger partial charge is 0.273 e. The predicted octanol–water partition coefficient (Wildman–Crippen LogP) is 1.69. The van der Waals surface area contributed by atoms with Crippen molar-refractivity contribution >= 4 is 5.91 Å². The summed E-state index contributed by atoms with van der Waals surface area (Å²) in [4.78, 5) is 14.1. The van der Waals surface area contributed by atoms with Gasteiger partial charge in [0, 0.05) is 20.1 Å². The summed E-state index contributed by atoms with van der Waals surface area (Å²) in [5.74, 6) is -0.230. The van der Waals surface area contributed by atoms with Gasteiger partial charge in [0.25, 0.3) is 5.91 Å². The molecule has 1 N–H and O–H groups in total. The second kappa shape index (κ2) is 5.09. The zero-order valence-electron chi connectivity index (χ0n) is 11.6. The number of hydrogen-bond donors (Lipinski definition) is 1. The van der Waals surface area contributed by atoms with Gasteiger partial charge in [-0.25, -0.2) is 0 Å². The minimum atomic E-state index is -0.230. The Morgan fingerprint density at radius 2 is 2.25 bits per heavy atom. The van der Waals surface area contributed by atoms with Gasteiger partial charge in [-0.05, 0) is 30.2 Å². The Kier molecular flexibility index (Phi) is 3.28. The van der Waals surface area contributed by atoms with Gasteiger partial charge in [-0.3, -0.25) is 4.79 Å². The number of hydrogen-bond acceptors (Lipinski definition) is 4. The van der Waals surface area contributed by atoms with Gasteiger partial charge in [0.2, 0.25) is 0 Å². The van der Waals surface area contributed by atoms with E-state index in [9.17, 15) is 4.79 Å². The standard InChI is InChI=1S/C15H17N3O2/c1-16-15(19)14-13(9-20-17-14)11-3-4-12-8-18(2)6-5-10(12)7-11/h3-4,7,9H,5-6,8H2,1-2H3,(H,16,19). The van der Waals surface area contributed by atoms with Crippen LogP contribution in [0.5, 0.6) is 0 Å². The molecule has 1 aliphatic rings. The van der Waals surface area contributed by atoms with E-state index in [0.29, 0.717) is 5.69 Å². The highest BCUT2D eigenvalue weighted by atomic mass is 16.5. The van der Waals surface area contributed by atoms with Gasteiger partial charge < -0.3 is 14.7 Å². The first kappa shape index (κ1) is 12.9. The van der Waals surface area contributed by atoms with Crippen LogP contribution in [0.3, 0.4) is 0 Å². The van der Waals surface area contributed by atoms with Crippen LogP contribution in [-0.2, 0) is 13.0 Å². The molecular weight excluding hydrogens is 254 g/mol. The Labute approximate surface area is 117 Å². The number of amides is 1. The fourth-order valence-corrected chi connectivity index (χ4v) is 2.59. The van der Waals surface area contributed by atoms with Crippen LogP contribution >= 0.6 is 0 Å². The van der Waals surface area contributed by atoms with Crippen LogP contribution in [0.2, 0.25) is 0 Å². The fraction of sp³-hybridized carbons (Fsp3) is 0.333. The maximum Gasteiger partial charge on any atom is 0.273 e. The molecule has 0 bridgehead atoms. The van der Waals surface area contributed by atoms with Gasteiger partial charge in [-0.1, -0.05) is 23.4 Å². The average molecular weight is 271 g/mol. The predicted molar refractivity (Wildman–Crippen MR) is 75.4 cm³/mol. The Morgan fingerprint density at radius 1 is 1.40 bits per heavy atom. The van der Waals surface area contributed by atoms with Crippen molar-refractivity contribution in [3.05, 3.63) is 41.3 Å². The summed E-state index contributed by atoms with van der Waals surface area (Å²) in [6, 6.07) is 6.29. The van der Waals surface area contributed by atoms with Crippen molar-refractivity contribution in [3.63, 3.8) is 0 Å². The lowest BCUT2D eigenvalue weighted by Gasteiger charge is -2.25. The van der Waals surface area contributed by atoms with Crippen molar-refractivity contribution in [2.75, 3.05) is 20.6 Å². The van der Waals surface area contributed by atoms with Crippen LogP contribution in [0.15, 0.2) is 29.0 Å². The Bertz CT molecular complexity index is 648. The second-order valence-electron chi connectivity index (χ2n) is 5.13. The van der Waals surface area contributed by atoms with Crippen molar-refractivity contribution in [1.29, 1.82) is 0 Å². The van der Waals surface area contributed by atoms with Crippen molar-refractivity contribution < 1.29 is 9.32 Å². The number of carbonyl (C=O) groups is 1. The van der Waals surface area contributed by atoms with Crippen LogP contribution in [-0.4, -0.2) is 36.6 Å². The van der Waals surface area contributed by atoms with Gasteiger partial charge in [-0.2, -0.15) is 0 Å². The normalized spacial score (nSPS) is 14.9. The lowest BCUT2D eigenvalue weighted by atomic mass is 9.95. The summed E-state index contributed by atoms with van der Waals surface area (Å²) in [5, 5.41) is 6.37. The Hall–Kier alpha value is -2.14. The molecule has 2 heterocycles. The molecule has 3 rings (SSSR count). The fourth-order valence-electron chi connectivity index (χ4n) is 2.59. The maximum atomic E-state index is 11.8. The van der Waals surface area contributed by atoms with Gasteiger partial charge in [0.15, 0.2) is 5.69 Å². The molecule has 1 aliphatic heterocycles. The lowest BCUT2D eigenvalue weighted by molar-refractivity contribution is 0.0954. The highest BCUT2D eigenvalue weighted by Gasteiger charge is 2.19. The van der Waals surface area contributed by atoms with E-state index < -0.39 is 0 Å². The number of aromatic nitrogens is 1. The lowest BCUT2D eigenvalue weighted by Crippen LogP contribution is -2.26. The van der Waals surface area contributed by atoms with E-state index in [4.69, 9.17) is 4.52 Å². The van der Waals surface area contributed by atoms with E-state index in [1.165, 1.54) is 17.4 Å². The largest absolute Gasteiger partial charge is 0.363 e. The van der Waals surface area contributed by atoms with Gasteiger partial charge in [-0.15, -0.1) is 0 Å². The monoisotopic (exact) mass is 271 g/mol. The zero-order valence-corrected chi connectivity index (χ0v) is 11.6. The molecule has 0 atom stereocenters. The van der Waals surface area contributed by atoms with E-state index in [1.54, 1.807) is 7.05 Å². The zero-order chi connectivity index (χ0) is 14.1. The number of likely N-dealkylation sites (N-methyl/N-ethyl adjacent to an activating group) is 1. The molecule has 104 valence electrons. The third kappa shape index (κ3) is 2.20. The molecule has 1 amide bonds. The van der Waals surface area contributed by atoms with Crippen LogP contribution in [0.25, 0.3) is 11.1 Å². The average Bonchev–Trinajstić information content (AvgIpc) is 2.95. The molecule has 0 unspecified atom stereocenters. The molecule has 0 saturated heterocycles. The molecule has 0 aliphatic carbocycles. The first-order valence-corrected chi connectivity index (χ1v) is 6.66. The number of benzene rings is 1. The third-order valence-corrected chi connectivity index (χ3v) is 3.73. The minimum Gasteiger partial charge on any atom is -0.363 e. The van der Waals surface area contributed by atoms with Crippen LogP contribution in [0.1, 0.15) is 21.6 Å². The molecule has 5 nitrogen and oxygen atoms in total. The summed E-state index contributed by atoms with van der Waals surface area (Å²) < 4.78 is 4.97. The molecular formula is C15H17N3O2. The topological polar surface area (TPSA) is 58.4 Å². The first-order chi connectivity index (χ1) is 9.69. The molecule has 1 aromatic carbocycles. The molecule has 0 spiro atoms. The molecule has 20 heavy (non-hydrogen) atoms. The Balaban J connectivity index is 2.00. The van der Waals surface area contributed by atoms with Gasteiger partial charge >= 0.3 is 0 Å². The third-order valence-electron chi connectivity index (χ3n) is 3.73. The van der Waals surface area contributed by atoms with Crippen LogP contribution < -0.4 is 5.32 Å². The van der Waals surface area contributed by atoms with E-state index in [-0.39, 0.29) is 5.91 Å². The van der Waals surface area contributed by atoms with Crippen LogP contribution in [0, 0.1) is 0 Å². The van der Waals surface area contributed by atoms with E-state index >= 15 is 0 Å². The van der Waals surface area contributed by atoms with E-state index in [1.807, 2.05) is 6.07 Å². The summed E-state index contributed by atoms with van der Waals surface area (Å²) in [5.41, 5.74) is 4.74. The van der Waals surface area contributed by atoms with E-state index in [0.717, 1.165) is 30.6 Å². The van der Waals surface area contributed by atoms with E-state index in [2.05, 4.69) is 34.6 Å². The highest BCUT2D eigenvalue weighted by molar-refractivity contribution is 5.98. The van der Waals surface area contributed by atoms with Crippen molar-refractivity contribution in [2.24, 2.45) is 0 Å². The van der Waals surface area contributed by atoms with Crippen LogP contribution in [0.4, 0.5) is 0 Å². The molecule has 5 heteroatoms. The summed E-state index contributed by atoms with van der Waals surface area (Å²) in [6.07, 6.45) is 2.56. The number of rotatable bonds is 2. The summed E-state index contributed by atoms with van der Waals surface area (Å²) in [6.45, 7) is 2.03.